The van der Waals surface area contributed by atoms with Crippen molar-refractivity contribution in [1.29, 1.82) is 0 Å². The largest absolute Gasteiger partial charge is 0.304 e. The van der Waals surface area contributed by atoms with Gasteiger partial charge in [-0.25, -0.2) is 8.42 Å². The Morgan fingerprint density at radius 3 is 1.67 bits per heavy atom. The minimum absolute atomic E-state index is 0.337. The summed E-state index contributed by atoms with van der Waals surface area (Å²) >= 11 is 0. The molecule has 0 bridgehead atoms. The van der Waals surface area contributed by atoms with Crippen LogP contribution in [0.1, 0.15) is 33.1 Å². The summed E-state index contributed by atoms with van der Waals surface area (Å²) in [5.74, 6) is 2.59. The first kappa shape index (κ1) is 18.1. The van der Waals surface area contributed by atoms with Gasteiger partial charge in [0, 0.05) is 35.4 Å². The molecule has 0 saturated carbocycles. The number of nitrogens with zero attached hydrogens (tertiary/aromatic N) is 1. The zero-order valence-electron chi connectivity index (χ0n) is 11.9. The first-order chi connectivity index (χ1) is 8.49. The molecule has 18 heavy (non-hydrogen) atoms. The fourth-order valence-electron chi connectivity index (χ4n) is 1.61. The topological polar surface area (TPSA) is 54.5 Å². The smallest absolute Gasteiger partial charge is 0.152 e. The third-order valence-electron chi connectivity index (χ3n) is 2.81. The molecule has 2 fully saturated rings. The molecule has 0 unspecified atom stereocenters. The van der Waals surface area contributed by atoms with Gasteiger partial charge in [0.1, 0.15) is 0 Å². The molecule has 6 heteroatoms. The minimum atomic E-state index is -2.66. The molecule has 0 aliphatic carbocycles. The van der Waals surface area contributed by atoms with Crippen molar-refractivity contribution < 1.29 is 12.6 Å². The van der Waals surface area contributed by atoms with Crippen LogP contribution in [0, 0.1) is 0 Å². The van der Waals surface area contributed by atoms with Crippen molar-refractivity contribution in [1.82, 2.24) is 4.90 Å². The Bertz CT molecular complexity index is 306. The van der Waals surface area contributed by atoms with Gasteiger partial charge in [-0.2, -0.15) is 0 Å². The van der Waals surface area contributed by atoms with E-state index >= 15 is 0 Å². The molecule has 0 aromatic rings. The molecule has 110 valence electrons. The van der Waals surface area contributed by atoms with Crippen LogP contribution in [0.4, 0.5) is 0 Å². The maximum Gasteiger partial charge on any atom is 0.152 e. The number of hydrogen-bond donors (Lipinski definition) is 0. The van der Waals surface area contributed by atoms with E-state index in [9.17, 15) is 12.6 Å². The molecule has 4 nitrogen and oxygen atoms in total. The van der Waals surface area contributed by atoms with Gasteiger partial charge >= 0.3 is 0 Å². The Kier molecular flexibility index (Phi) is 9.95. The van der Waals surface area contributed by atoms with Gasteiger partial charge in [-0.3, -0.25) is 4.21 Å². The molecule has 0 N–H and O–H groups in total. The SMILES string of the molecule is CC.CN1CCS(=O)(=O)CC1.O=S1CCCCC1. The molecule has 2 heterocycles. The summed E-state index contributed by atoms with van der Waals surface area (Å²) < 4.78 is 32.1. The maximum atomic E-state index is 10.8. The molecular weight excluding hydrogens is 270 g/mol. The van der Waals surface area contributed by atoms with Gasteiger partial charge in [-0.1, -0.05) is 20.3 Å². The van der Waals surface area contributed by atoms with Crippen molar-refractivity contribution in [3.05, 3.63) is 0 Å². The molecule has 2 aliphatic heterocycles. The number of hydrogen-bond acceptors (Lipinski definition) is 4. The molecule has 0 atom stereocenters. The van der Waals surface area contributed by atoms with E-state index in [1.54, 1.807) is 0 Å². The van der Waals surface area contributed by atoms with Crippen molar-refractivity contribution in [2.45, 2.75) is 33.1 Å². The van der Waals surface area contributed by atoms with Crippen LogP contribution in [0.15, 0.2) is 0 Å². The molecule has 0 aromatic carbocycles. The molecular formula is C12H27NO3S2. The van der Waals surface area contributed by atoms with Gasteiger partial charge in [0.15, 0.2) is 9.84 Å². The van der Waals surface area contributed by atoms with E-state index in [2.05, 4.69) is 0 Å². The second-order valence-corrected chi connectivity index (χ2v) is 8.36. The quantitative estimate of drug-likeness (QED) is 0.676. The lowest BCUT2D eigenvalue weighted by atomic mass is 10.3. The first-order valence-corrected chi connectivity index (χ1v) is 10.0. The highest BCUT2D eigenvalue weighted by Gasteiger charge is 2.17. The summed E-state index contributed by atoms with van der Waals surface area (Å²) in [6.07, 6.45) is 3.67. The summed E-state index contributed by atoms with van der Waals surface area (Å²) in [5.41, 5.74) is 0. The van der Waals surface area contributed by atoms with Crippen molar-refractivity contribution in [3.8, 4) is 0 Å². The molecule has 0 aromatic heterocycles. The second kappa shape index (κ2) is 9.92. The Morgan fingerprint density at radius 1 is 0.944 bits per heavy atom. The minimum Gasteiger partial charge on any atom is -0.304 e. The maximum absolute atomic E-state index is 10.8. The third-order valence-corrected chi connectivity index (χ3v) is 5.91. The van der Waals surface area contributed by atoms with E-state index in [4.69, 9.17) is 0 Å². The van der Waals surface area contributed by atoms with Crippen LogP contribution < -0.4 is 0 Å². The van der Waals surface area contributed by atoms with Gasteiger partial charge in [0.2, 0.25) is 0 Å². The zero-order chi connectivity index (χ0) is 14.0. The van der Waals surface area contributed by atoms with Crippen molar-refractivity contribution in [2.24, 2.45) is 0 Å². The monoisotopic (exact) mass is 297 g/mol. The van der Waals surface area contributed by atoms with Crippen LogP contribution in [-0.4, -0.2) is 60.7 Å². The summed E-state index contributed by atoms with van der Waals surface area (Å²) in [6.45, 7) is 5.39. The normalized spacial score (nSPS) is 24.2. The van der Waals surface area contributed by atoms with Gasteiger partial charge < -0.3 is 4.90 Å². The zero-order valence-corrected chi connectivity index (χ0v) is 13.5. The Morgan fingerprint density at radius 2 is 1.39 bits per heavy atom. The predicted octanol–water partition coefficient (Wildman–Crippen LogP) is 1.29. The summed E-state index contributed by atoms with van der Waals surface area (Å²) in [7, 11) is -1.16. The van der Waals surface area contributed by atoms with Crippen LogP contribution in [-0.2, 0) is 20.6 Å². The average molecular weight is 297 g/mol. The lowest BCUT2D eigenvalue weighted by Crippen LogP contribution is -2.37. The van der Waals surface area contributed by atoms with Gasteiger partial charge in [0.25, 0.3) is 0 Å². The highest BCUT2D eigenvalue weighted by molar-refractivity contribution is 7.91. The number of sulfone groups is 1. The summed E-state index contributed by atoms with van der Waals surface area (Å²) in [4.78, 5) is 2.03. The van der Waals surface area contributed by atoms with Crippen molar-refractivity contribution in [3.63, 3.8) is 0 Å². The van der Waals surface area contributed by atoms with E-state index in [1.165, 1.54) is 19.3 Å². The molecule has 0 radical (unpaired) electrons. The van der Waals surface area contributed by atoms with Crippen LogP contribution in [0.3, 0.4) is 0 Å². The van der Waals surface area contributed by atoms with Crippen molar-refractivity contribution >= 4 is 20.6 Å². The van der Waals surface area contributed by atoms with Gasteiger partial charge in [0.05, 0.1) is 11.5 Å². The molecule has 2 saturated heterocycles. The second-order valence-electron chi connectivity index (χ2n) is 4.36. The van der Waals surface area contributed by atoms with E-state index in [0.29, 0.717) is 24.6 Å². The van der Waals surface area contributed by atoms with Crippen LogP contribution >= 0.6 is 0 Å². The molecule has 0 amide bonds. The summed E-state index contributed by atoms with van der Waals surface area (Å²) in [5, 5.41) is 0. The Hall–Kier alpha value is 0.0600. The Balaban J connectivity index is 0.000000289. The standard InChI is InChI=1S/C5H11NO2S.C5H10OS.C2H6/c1-6-2-4-9(7,8)5-3-6;6-7-4-2-1-3-5-7;1-2/h2-5H2,1H3;1-5H2;1-2H3. The fraction of sp³-hybridized carbons (Fsp3) is 1.00. The highest BCUT2D eigenvalue weighted by atomic mass is 32.2. The lowest BCUT2D eigenvalue weighted by molar-refractivity contribution is 0.360. The molecule has 2 rings (SSSR count). The lowest BCUT2D eigenvalue weighted by Gasteiger charge is -2.21. The van der Waals surface area contributed by atoms with E-state index < -0.39 is 20.6 Å². The van der Waals surface area contributed by atoms with Crippen molar-refractivity contribution in [2.75, 3.05) is 43.1 Å². The first-order valence-electron chi connectivity index (χ1n) is 6.73. The predicted molar refractivity (Wildman–Crippen MR) is 79.2 cm³/mol. The third kappa shape index (κ3) is 9.05. The molecule has 2 aliphatic rings. The summed E-state index contributed by atoms with van der Waals surface area (Å²) in [6, 6.07) is 0. The van der Waals surface area contributed by atoms with Crippen LogP contribution in [0.2, 0.25) is 0 Å². The van der Waals surface area contributed by atoms with E-state index in [0.717, 1.165) is 11.5 Å². The van der Waals surface area contributed by atoms with Crippen LogP contribution in [0.5, 0.6) is 0 Å². The number of rotatable bonds is 0. The fourth-order valence-corrected chi connectivity index (χ4v) is 4.25. The van der Waals surface area contributed by atoms with Gasteiger partial charge in [-0.05, 0) is 19.9 Å². The van der Waals surface area contributed by atoms with Crippen LogP contribution in [0.25, 0.3) is 0 Å². The average Bonchev–Trinajstić information content (AvgIpc) is 2.37. The van der Waals surface area contributed by atoms with E-state index in [1.807, 2.05) is 25.8 Å². The highest BCUT2D eigenvalue weighted by Crippen LogP contribution is 2.05. The Labute approximate surface area is 115 Å². The molecule has 0 spiro atoms. The van der Waals surface area contributed by atoms with Gasteiger partial charge in [-0.15, -0.1) is 0 Å². The van der Waals surface area contributed by atoms with E-state index in [-0.39, 0.29) is 0 Å².